The second-order valence-electron chi connectivity index (χ2n) is 16.9. The Morgan fingerprint density at radius 3 is 1.34 bits per heavy atom. The Hall–Kier alpha value is -5.06. The number of hydrogen-bond donors (Lipinski definition) is 3. The quantitative estimate of drug-likeness (QED) is 0.0714. The van der Waals surface area contributed by atoms with Gasteiger partial charge in [0.2, 0.25) is 8.32 Å². The van der Waals surface area contributed by atoms with E-state index in [9.17, 15) is 24.3 Å². The van der Waals surface area contributed by atoms with Gasteiger partial charge in [-0.1, -0.05) is 78.9 Å². The molecule has 15 heteroatoms. The number of benzene rings is 2. The fraction of sp³-hybridized carbons (Fsp3) is 0.409. The van der Waals surface area contributed by atoms with Crippen molar-refractivity contribution in [2.45, 2.75) is 103 Å². The van der Waals surface area contributed by atoms with Gasteiger partial charge in [-0.15, -0.1) is 0 Å². The molecule has 4 aromatic rings. The summed E-state index contributed by atoms with van der Waals surface area (Å²) in [5, 5.41) is 15.1. The molecule has 0 aliphatic rings. The molecule has 12 nitrogen and oxygen atoms in total. The van der Waals surface area contributed by atoms with E-state index in [1.165, 1.54) is 38.7 Å². The summed E-state index contributed by atoms with van der Waals surface area (Å²) in [5.74, 6) is -0.852. The molecule has 0 aliphatic heterocycles. The Bertz CT molecular complexity index is 1920. The van der Waals surface area contributed by atoms with Crippen molar-refractivity contribution in [3.63, 3.8) is 0 Å². The number of pyridine rings is 2. The van der Waals surface area contributed by atoms with E-state index in [4.69, 9.17) is 25.0 Å². The summed E-state index contributed by atoms with van der Waals surface area (Å²) in [6.45, 7) is 21.9. The predicted octanol–water partition coefficient (Wildman–Crippen LogP) is 8.51. The van der Waals surface area contributed by atoms with Crippen molar-refractivity contribution in [3.8, 4) is 11.5 Å². The summed E-state index contributed by atoms with van der Waals surface area (Å²) in [4.78, 5) is 56.3. The smallest absolute Gasteiger partial charge is 0.328 e. The van der Waals surface area contributed by atoms with E-state index in [0.29, 0.717) is 22.6 Å². The SMILES string of the molecule is CC(C)(C)[Si](C)(C)Cl.COC(=O)C(Cc1ccc(O)cc1)NC(=O)c1cccnc1.COC(=O)C(Cc1ccc(O[Si](C)(C)C(C)(C)C)cc1)NC(=O)c1cccnc1. The van der Waals surface area contributed by atoms with Gasteiger partial charge in [-0.2, -0.15) is 11.1 Å². The lowest BCUT2D eigenvalue weighted by molar-refractivity contribution is -0.143. The zero-order valence-electron chi connectivity index (χ0n) is 36.4. The number of rotatable bonds is 12. The van der Waals surface area contributed by atoms with Gasteiger partial charge >= 0.3 is 11.9 Å². The van der Waals surface area contributed by atoms with E-state index >= 15 is 0 Å². The molecule has 2 atom stereocenters. The number of ether oxygens (including phenoxy) is 2. The summed E-state index contributed by atoms with van der Waals surface area (Å²) in [6, 6.07) is 19.0. The van der Waals surface area contributed by atoms with Crippen LogP contribution in [0.25, 0.3) is 0 Å². The third-order valence-electron chi connectivity index (χ3n) is 10.1. The first-order valence-corrected chi connectivity index (χ1v) is 26.1. The van der Waals surface area contributed by atoms with Gasteiger partial charge < -0.3 is 29.6 Å². The molecule has 320 valence electrons. The molecule has 2 amide bonds. The van der Waals surface area contributed by atoms with Gasteiger partial charge in [0.25, 0.3) is 11.8 Å². The van der Waals surface area contributed by atoms with E-state index in [0.717, 1.165) is 16.9 Å². The minimum Gasteiger partial charge on any atom is -0.544 e. The molecule has 2 aromatic carbocycles. The van der Waals surface area contributed by atoms with Crippen LogP contribution in [-0.2, 0) is 31.9 Å². The van der Waals surface area contributed by atoms with Crippen LogP contribution in [0.1, 0.15) is 73.4 Å². The highest BCUT2D eigenvalue weighted by Crippen LogP contribution is 2.38. The topological polar surface area (TPSA) is 166 Å². The molecule has 2 unspecified atom stereocenters. The maximum Gasteiger partial charge on any atom is 0.328 e. The van der Waals surface area contributed by atoms with E-state index in [1.54, 1.807) is 48.8 Å². The van der Waals surface area contributed by atoms with Gasteiger partial charge in [0.15, 0.2) is 7.38 Å². The Morgan fingerprint density at radius 1 is 0.661 bits per heavy atom. The van der Waals surface area contributed by atoms with E-state index < -0.39 is 45.6 Å². The Balaban J connectivity index is 0.000000352. The summed E-state index contributed by atoms with van der Waals surface area (Å²) in [7, 11) is -0.728. The van der Waals surface area contributed by atoms with Gasteiger partial charge in [0, 0.05) is 37.6 Å². The first kappa shape index (κ1) is 50.1. The van der Waals surface area contributed by atoms with E-state index in [-0.39, 0.29) is 23.1 Å². The molecular weight excluding hydrogens is 804 g/mol. The number of methoxy groups -OCH3 is 2. The van der Waals surface area contributed by atoms with E-state index in [2.05, 4.69) is 88.3 Å². The van der Waals surface area contributed by atoms with Gasteiger partial charge in [-0.25, -0.2) is 9.59 Å². The van der Waals surface area contributed by atoms with Crippen molar-refractivity contribution in [2.75, 3.05) is 14.2 Å². The predicted molar refractivity (Wildman–Crippen MR) is 238 cm³/mol. The highest BCUT2D eigenvalue weighted by Gasteiger charge is 2.39. The summed E-state index contributed by atoms with van der Waals surface area (Å²) in [5.41, 5.74) is 2.44. The maximum absolute atomic E-state index is 12.4. The molecule has 0 aliphatic carbocycles. The van der Waals surface area contributed by atoms with Crippen molar-refractivity contribution in [1.82, 2.24) is 20.6 Å². The third kappa shape index (κ3) is 17.0. The van der Waals surface area contributed by atoms with Crippen LogP contribution in [0, 0.1) is 0 Å². The molecule has 0 saturated carbocycles. The van der Waals surface area contributed by atoms with Crippen LogP contribution in [0.15, 0.2) is 97.6 Å². The van der Waals surface area contributed by atoms with Gasteiger partial charge in [-0.3, -0.25) is 19.6 Å². The lowest BCUT2D eigenvalue weighted by Crippen LogP contribution is -2.44. The lowest BCUT2D eigenvalue weighted by atomic mass is 10.1. The second-order valence-corrected chi connectivity index (χ2v) is 28.9. The average molecular weight is 866 g/mol. The lowest BCUT2D eigenvalue weighted by Gasteiger charge is -2.36. The maximum atomic E-state index is 12.4. The largest absolute Gasteiger partial charge is 0.544 e. The minimum atomic E-state index is -1.92. The molecule has 2 aromatic heterocycles. The number of carbonyl (C=O) groups is 4. The van der Waals surface area contributed by atoms with Crippen LogP contribution in [0.2, 0.25) is 36.3 Å². The number of nitrogens with one attached hydrogen (secondary N) is 2. The zero-order chi connectivity index (χ0) is 44.6. The monoisotopic (exact) mass is 864 g/mol. The van der Waals surface area contributed by atoms with Crippen molar-refractivity contribution < 1.29 is 38.2 Å². The molecule has 0 fully saturated rings. The van der Waals surface area contributed by atoms with Crippen molar-refractivity contribution in [3.05, 3.63) is 120 Å². The highest BCUT2D eigenvalue weighted by atomic mass is 35.6. The summed E-state index contributed by atoms with van der Waals surface area (Å²) >= 11 is 6.15. The number of aromatic hydroxyl groups is 1. The number of halogens is 1. The first-order chi connectivity index (χ1) is 27.4. The molecule has 4 rings (SSSR count). The number of nitrogens with zero attached hydrogens (tertiary/aromatic N) is 2. The fourth-order valence-electron chi connectivity index (χ4n) is 4.39. The van der Waals surface area contributed by atoms with Crippen molar-refractivity contribution in [2.24, 2.45) is 0 Å². The Kier molecular flexibility index (Phi) is 19.0. The van der Waals surface area contributed by atoms with Gasteiger partial charge in [0.1, 0.15) is 23.6 Å². The number of hydrogen-bond acceptors (Lipinski definition) is 10. The van der Waals surface area contributed by atoms with Crippen LogP contribution in [0.4, 0.5) is 0 Å². The second kappa shape index (κ2) is 22.4. The van der Waals surface area contributed by atoms with E-state index in [1.807, 2.05) is 24.3 Å². The van der Waals surface area contributed by atoms with Crippen LogP contribution >= 0.6 is 11.1 Å². The summed E-state index contributed by atoms with van der Waals surface area (Å²) < 4.78 is 15.9. The van der Waals surface area contributed by atoms with Crippen molar-refractivity contribution >= 4 is 50.5 Å². The number of amides is 2. The number of phenolic OH excluding ortho intramolecular Hbond substituents is 1. The van der Waals surface area contributed by atoms with Gasteiger partial charge in [-0.05, 0) is 82.8 Å². The fourth-order valence-corrected chi connectivity index (χ4v) is 5.42. The molecule has 0 bridgehead atoms. The van der Waals surface area contributed by atoms with Crippen LogP contribution < -0.4 is 15.1 Å². The molecular formula is C44H61ClN4O8Si2. The molecule has 2 heterocycles. The third-order valence-corrected chi connectivity index (χ3v) is 19.8. The average Bonchev–Trinajstić information content (AvgIpc) is 3.18. The number of aromatic nitrogens is 2. The number of esters is 2. The van der Waals surface area contributed by atoms with Gasteiger partial charge in [0.05, 0.1) is 25.3 Å². The molecule has 0 spiro atoms. The van der Waals surface area contributed by atoms with Crippen LogP contribution in [-0.4, -0.2) is 80.8 Å². The van der Waals surface area contributed by atoms with Crippen LogP contribution in [0.5, 0.6) is 11.5 Å². The highest BCUT2D eigenvalue weighted by molar-refractivity contribution is 7.20. The van der Waals surface area contributed by atoms with Crippen LogP contribution in [0.3, 0.4) is 0 Å². The Morgan fingerprint density at radius 2 is 1.03 bits per heavy atom. The molecule has 0 radical (unpaired) electrons. The molecule has 3 N–H and O–H groups in total. The number of phenols is 1. The normalized spacial score (nSPS) is 12.5. The Labute approximate surface area is 356 Å². The zero-order valence-corrected chi connectivity index (χ0v) is 39.1. The number of carbonyl (C=O) groups excluding carboxylic acids is 4. The first-order valence-electron chi connectivity index (χ1n) is 19.2. The van der Waals surface area contributed by atoms with Crippen molar-refractivity contribution in [1.29, 1.82) is 0 Å². The molecule has 0 saturated heterocycles. The molecule has 59 heavy (non-hydrogen) atoms. The summed E-state index contributed by atoms with van der Waals surface area (Å²) in [6.07, 6.45) is 6.60. The standard InChI is InChI=1S/C22H30N2O4Si.C16H16N2O4.C6H15ClSi/c1-22(2,3)29(5,6)28-18-11-9-16(10-12-18)14-19(21(26)27-4)24-20(25)17-8-7-13-23-15-17;1-22-16(21)14(9-11-4-6-13(19)7-5-11)18-15(20)12-3-2-8-17-10-12;1-6(2,3)8(4,5)7/h7-13,15,19H,14H2,1-6H3,(H,24,25);2-8,10,14,19H,9H2,1H3,(H,18,20);1-5H3. The minimum absolute atomic E-state index is 0.109.